The minimum atomic E-state index is -0.322. The molecular formula is C18H23FN6O2S+2. The first-order valence-corrected chi connectivity index (χ1v) is 10.1. The highest BCUT2D eigenvalue weighted by Crippen LogP contribution is 2.17. The van der Waals surface area contributed by atoms with Gasteiger partial charge >= 0.3 is 5.69 Å². The second-order valence-corrected chi connectivity index (χ2v) is 7.85. The van der Waals surface area contributed by atoms with Gasteiger partial charge < -0.3 is 14.5 Å². The van der Waals surface area contributed by atoms with Crippen LogP contribution in [0.2, 0.25) is 0 Å². The maximum absolute atomic E-state index is 13.9. The third-order valence-corrected chi connectivity index (χ3v) is 5.91. The molecule has 1 fully saturated rings. The lowest BCUT2D eigenvalue weighted by atomic mass is 10.2. The number of aromatic nitrogens is 4. The Bertz CT molecular complexity index is 978. The molecule has 0 radical (unpaired) electrons. The monoisotopic (exact) mass is 406 g/mol. The highest BCUT2D eigenvalue weighted by molar-refractivity contribution is 7.12. The molecule has 0 aliphatic carbocycles. The average molecular weight is 406 g/mol. The van der Waals surface area contributed by atoms with Crippen LogP contribution in [-0.2, 0) is 13.2 Å². The maximum atomic E-state index is 13.9. The third-order valence-electron chi connectivity index (χ3n) is 5.06. The van der Waals surface area contributed by atoms with Crippen LogP contribution in [0.15, 0.2) is 40.5 Å². The van der Waals surface area contributed by atoms with Crippen molar-refractivity contribution in [2.75, 3.05) is 33.3 Å². The number of quaternary nitrogens is 2. The first-order chi connectivity index (χ1) is 13.6. The zero-order valence-corrected chi connectivity index (χ0v) is 16.4. The van der Waals surface area contributed by atoms with Gasteiger partial charge in [-0.1, -0.05) is 0 Å². The molecule has 3 aromatic rings. The SMILES string of the molecule is COc1ccc(C[NH+]2CC[NH+](Cn3nnn(-c4cccs4)c3=O)CC2)cc1F. The Morgan fingerprint density at radius 3 is 2.64 bits per heavy atom. The van der Waals surface area contributed by atoms with Crippen LogP contribution < -0.4 is 20.2 Å². The normalized spacial score (nSPS) is 19.6. The summed E-state index contributed by atoms with van der Waals surface area (Å²) in [6.07, 6.45) is 0. The third kappa shape index (κ3) is 3.98. The van der Waals surface area contributed by atoms with Gasteiger partial charge in [0.25, 0.3) is 0 Å². The number of benzene rings is 1. The van der Waals surface area contributed by atoms with Crippen LogP contribution in [0.5, 0.6) is 5.75 Å². The van der Waals surface area contributed by atoms with Crippen LogP contribution in [0.4, 0.5) is 4.39 Å². The Morgan fingerprint density at radius 1 is 1.18 bits per heavy atom. The second kappa shape index (κ2) is 8.21. The van der Waals surface area contributed by atoms with Crippen molar-refractivity contribution in [2.45, 2.75) is 13.2 Å². The van der Waals surface area contributed by atoms with Crippen molar-refractivity contribution < 1.29 is 18.9 Å². The molecule has 0 bridgehead atoms. The first-order valence-electron chi connectivity index (χ1n) is 9.20. The van der Waals surface area contributed by atoms with Gasteiger partial charge in [-0.2, -0.15) is 0 Å². The van der Waals surface area contributed by atoms with Crippen molar-refractivity contribution in [1.82, 2.24) is 19.8 Å². The summed E-state index contributed by atoms with van der Waals surface area (Å²) in [5.41, 5.74) is 0.755. The molecule has 148 valence electrons. The molecule has 0 atom stereocenters. The summed E-state index contributed by atoms with van der Waals surface area (Å²) in [5.74, 6) is -0.0501. The molecule has 0 amide bonds. The zero-order chi connectivity index (χ0) is 19.5. The number of halogens is 1. The van der Waals surface area contributed by atoms with Gasteiger partial charge in [0.2, 0.25) is 0 Å². The fourth-order valence-electron chi connectivity index (χ4n) is 3.51. The van der Waals surface area contributed by atoms with Crippen molar-refractivity contribution in [1.29, 1.82) is 0 Å². The highest BCUT2D eigenvalue weighted by atomic mass is 32.1. The Hall–Kier alpha value is -2.56. The van der Waals surface area contributed by atoms with Gasteiger partial charge in [0.15, 0.2) is 18.2 Å². The van der Waals surface area contributed by atoms with E-state index in [1.165, 1.54) is 37.6 Å². The molecule has 0 spiro atoms. The van der Waals surface area contributed by atoms with Crippen molar-refractivity contribution in [3.05, 3.63) is 57.6 Å². The molecule has 2 N–H and O–H groups in total. The van der Waals surface area contributed by atoms with E-state index < -0.39 is 0 Å². The largest absolute Gasteiger partial charge is 0.494 e. The summed E-state index contributed by atoms with van der Waals surface area (Å²) < 4.78 is 21.6. The highest BCUT2D eigenvalue weighted by Gasteiger charge is 2.25. The molecule has 8 nitrogen and oxygen atoms in total. The van der Waals surface area contributed by atoms with E-state index in [1.54, 1.807) is 12.1 Å². The van der Waals surface area contributed by atoms with Crippen molar-refractivity contribution >= 4 is 11.3 Å². The van der Waals surface area contributed by atoms with Gasteiger partial charge in [-0.15, -0.1) is 20.7 Å². The number of tetrazole rings is 1. The Labute approximate surface area is 165 Å². The number of ether oxygens (including phenoxy) is 1. The molecule has 0 saturated carbocycles. The molecule has 1 saturated heterocycles. The van der Waals surface area contributed by atoms with Gasteiger partial charge in [0.05, 0.1) is 7.11 Å². The lowest BCUT2D eigenvalue weighted by Gasteiger charge is -2.29. The second-order valence-electron chi connectivity index (χ2n) is 6.93. The van der Waals surface area contributed by atoms with E-state index in [2.05, 4.69) is 10.4 Å². The summed E-state index contributed by atoms with van der Waals surface area (Å²) in [7, 11) is 1.47. The van der Waals surface area contributed by atoms with Gasteiger partial charge in [0.1, 0.15) is 37.7 Å². The number of piperazine rings is 1. The molecule has 3 heterocycles. The molecular weight excluding hydrogens is 383 g/mol. The number of methoxy groups -OCH3 is 1. The summed E-state index contributed by atoms with van der Waals surface area (Å²) in [5, 5.41) is 10.7. The van der Waals surface area contributed by atoms with Crippen molar-refractivity contribution in [3.63, 3.8) is 0 Å². The summed E-state index contributed by atoms with van der Waals surface area (Å²) in [4.78, 5) is 15.2. The number of rotatable bonds is 6. The Morgan fingerprint density at radius 2 is 1.96 bits per heavy atom. The fraction of sp³-hybridized carbons (Fsp3) is 0.389. The Balaban J connectivity index is 1.32. The first kappa shape index (κ1) is 18.8. The number of nitrogens with zero attached hydrogens (tertiary/aromatic N) is 4. The maximum Gasteiger partial charge on any atom is 0.374 e. The minimum absolute atomic E-state index is 0.210. The van der Waals surface area contributed by atoms with E-state index in [-0.39, 0.29) is 17.3 Å². The van der Waals surface area contributed by atoms with Gasteiger partial charge in [0, 0.05) is 5.56 Å². The molecule has 28 heavy (non-hydrogen) atoms. The zero-order valence-electron chi connectivity index (χ0n) is 15.6. The molecule has 1 aliphatic rings. The van der Waals surface area contributed by atoms with Gasteiger partial charge in [-0.25, -0.2) is 9.18 Å². The predicted molar refractivity (Wildman–Crippen MR) is 102 cm³/mol. The van der Waals surface area contributed by atoms with Crippen LogP contribution in [0.25, 0.3) is 5.00 Å². The van der Waals surface area contributed by atoms with E-state index in [4.69, 9.17) is 4.74 Å². The van der Waals surface area contributed by atoms with E-state index in [1.807, 2.05) is 23.6 Å². The number of hydrogen-bond donors (Lipinski definition) is 2. The lowest BCUT2D eigenvalue weighted by Crippen LogP contribution is -3.27. The molecule has 4 rings (SSSR count). The van der Waals surface area contributed by atoms with E-state index >= 15 is 0 Å². The van der Waals surface area contributed by atoms with E-state index in [9.17, 15) is 9.18 Å². The van der Waals surface area contributed by atoms with Crippen molar-refractivity contribution in [3.8, 4) is 10.8 Å². The summed E-state index contributed by atoms with van der Waals surface area (Å²) >= 11 is 1.46. The van der Waals surface area contributed by atoms with Gasteiger partial charge in [-0.3, -0.25) is 0 Å². The number of thiophene rings is 1. The lowest BCUT2D eigenvalue weighted by molar-refractivity contribution is -1.03. The predicted octanol–water partition coefficient (Wildman–Crippen LogP) is -1.42. The van der Waals surface area contributed by atoms with Crippen LogP contribution in [0, 0.1) is 5.82 Å². The van der Waals surface area contributed by atoms with E-state index in [0.717, 1.165) is 43.3 Å². The molecule has 1 aromatic carbocycles. The van der Waals surface area contributed by atoms with Crippen LogP contribution in [0.1, 0.15) is 5.56 Å². The van der Waals surface area contributed by atoms with Crippen LogP contribution in [-0.4, -0.2) is 53.1 Å². The molecule has 0 unspecified atom stereocenters. The summed E-state index contributed by atoms with van der Waals surface area (Å²) in [6.45, 7) is 5.05. The fourth-order valence-corrected chi connectivity index (χ4v) is 4.18. The topological polar surface area (TPSA) is 70.8 Å². The molecule has 10 heteroatoms. The average Bonchev–Trinajstić information content (AvgIpc) is 3.34. The smallest absolute Gasteiger partial charge is 0.374 e. The molecule has 1 aliphatic heterocycles. The number of hydrogen-bond acceptors (Lipinski definition) is 5. The summed E-state index contributed by atoms with van der Waals surface area (Å²) in [6, 6.07) is 8.87. The van der Waals surface area contributed by atoms with Crippen molar-refractivity contribution in [2.24, 2.45) is 0 Å². The van der Waals surface area contributed by atoms with Gasteiger partial charge in [-0.05, 0) is 46.1 Å². The Kier molecular flexibility index (Phi) is 5.51. The quantitative estimate of drug-likeness (QED) is 0.527. The van der Waals surface area contributed by atoms with Crippen LogP contribution in [0.3, 0.4) is 0 Å². The standard InChI is InChI=1S/C18H21FN6O2S/c1-27-16-5-4-14(11-15(16)19)12-22-6-8-23(9-7-22)13-24-18(26)25(21-20-24)17-3-2-10-28-17/h2-5,10-11H,6-9,12-13H2,1H3/p+2. The minimum Gasteiger partial charge on any atom is -0.494 e. The van der Waals surface area contributed by atoms with E-state index in [0.29, 0.717) is 6.67 Å². The molecule has 2 aromatic heterocycles. The van der Waals surface area contributed by atoms with Crippen LogP contribution >= 0.6 is 11.3 Å². The number of nitrogens with one attached hydrogen (secondary N) is 2.